The van der Waals surface area contributed by atoms with E-state index in [1.807, 2.05) is 67.6 Å². The summed E-state index contributed by atoms with van der Waals surface area (Å²) >= 11 is 0. The Hall–Kier alpha value is -3.80. The summed E-state index contributed by atoms with van der Waals surface area (Å²) in [6.07, 6.45) is 0.999. The van der Waals surface area contributed by atoms with E-state index in [0.29, 0.717) is 29.5 Å². The number of nitrogens with one attached hydrogen (secondary N) is 3. The predicted molar refractivity (Wildman–Crippen MR) is 137 cm³/mol. The van der Waals surface area contributed by atoms with Crippen LogP contribution < -0.4 is 20.7 Å². The second-order valence-corrected chi connectivity index (χ2v) is 8.64. The fourth-order valence-electron chi connectivity index (χ4n) is 3.31. The van der Waals surface area contributed by atoms with Crippen LogP contribution in [0.3, 0.4) is 0 Å². The number of hydrogen-bond acceptors (Lipinski definition) is 4. The van der Waals surface area contributed by atoms with Gasteiger partial charge in [-0.25, -0.2) is 0 Å². The normalized spacial score (nSPS) is 11.5. The van der Waals surface area contributed by atoms with Gasteiger partial charge < -0.3 is 20.7 Å². The van der Waals surface area contributed by atoms with E-state index in [0.717, 1.165) is 17.7 Å². The van der Waals surface area contributed by atoms with Crippen molar-refractivity contribution in [1.82, 2.24) is 5.32 Å². The number of anilines is 2. The third-order valence-corrected chi connectivity index (χ3v) is 5.33. The minimum Gasteiger partial charge on any atom is -0.494 e. The lowest BCUT2D eigenvalue weighted by molar-refractivity contribution is -0.114. The van der Waals surface area contributed by atoms with Gasteiger partial charge in [0.25, 0.3) is 5.91 Å². The lowest BCUT2D eigenvalue weighted by Gasteiger charge is -2.15. The monoisotopic (exact) mass is 459 g/mol. The summed E-state index contributed by atoms with van der Waals surface area (Å²) in [5, 5.41) is 8.94. The molecule has 2 amide bonds. The highest BCUT2D eigenvalue weighted by atomic mass is 16.5. The van der Waals surface area contributed by atoms with Crippen molar-refractivity contribution in [2.75, 3.05) is 23.8 Å². The quantitative estimate of drug-likeness (QED) is 0.346. The molecule has 34 heavy (non-hydrogen) atoms. The van der Waals surface area contributed by atoms with Crippen LogP contribution >= 0.6 is 0 Å². The largest absolute Gasteiger partial charge is 0.494 e. The third-order valence-electron chi connectivity index (χ3n) is 5.33. The Morgan fingerprint density at radius 1 is 0.853 bits per heavy atom. The van der Waals surface area contributed by atoms with Gasteiger partial charge in [0.1, 0.15) is 5.75 Å². The summed E-state index contributed by atoms with van der Waals surface area (Å²) in [4.78, 5) is 25.0. The van der Waals surface area contributed by atoms with Crippen molar-refractivity contribution in [3.63, 3.8) is 0 Å². The molecule has 6 heteroatoms. The molecular formula is C28H33N3O3. The summed E-state index contributed by atoms with van der Waals surface area (Å²) in [5.74, 6) is 1.04. The van der Waals surface area contributed by atoms with Crippen LogP contribution in [0.15, 0.2) is 78.9 Å². The zero-order valence-corrected chi connectivity index (χ0v) is 20.0. The van der Waals surface area contributed by atoms with Gasteiger partial charge in [-0.05, 0) is 67.3 Å². The van der Waals surface area contributed by atoms with Crippen LogP contribution in [0.2, 0.25) is 0 Å². The van der Waals surface area contributed by atoms with Crippen molar-refractivity contribution in [3.8, 4) is 5.75 Å². The molecule has 1 unspecified atom stereocenters. The van der Waals surface area contributed by atoms with Gasteiger partial charge in [0, 0.05) is 16.9 Å². The van der Waals surface area contributed by atoms with Crippen molar-refractivity contribution in [3.05, 3.63) is 90.0 Å². The summed E-state index contributed by atoms with van der Waals surface area (Å²) in [5.41, 5.74) is 2.97. The molecule has 0 saturated carbocycles. The number of hydrogen-bond donors (Lipinski definition) is 3. The molecule has 0 radical (unpaired) electrons. The van der Waals surface area contributed by atoms with E-state index < -0.39 is 0 Å². The van der Waals surface area contributed by atoms with Crippen LogP contribution in [0, 0.1) is 5.92 Å². The number of rotatable bonds is 11. The zero-order chi connectivity index (χ0) is 24.3. The Bertz CT molecular complexity index is 1070. The van der Waals surface area contributed by atoms with E-state index in [-0.39, 0.29) is 24.4 Å². The molecule has 1 atom stereocenters. The van der Waals surface area contributed by atoms with Crippen molar-refractivity contribution in [2.45, 2.75) is 33.2 Å². The van der Waals surface area contributed by atoms with Crippen LogP contribution in [0.1, 0.15) is 49.2 Å². The smallest absolute Gasteiger partial charge is 0.251 e. The minimum atomic E-state index is -0.180. The van der Waals surface area contributed by atoms with Crippen molar-refractivity contribution >= 4 is 23.2 Å². The van der Waals surface area contributed by atoms with Crippen LogP contribution in [0.5, 0.6) is 5.75 Å². The van der Waals surface area contributed by atoms with Crippen molar-refractivity contribution in [1.29, 1.82) is 0 Å². The van der Waals surface area contributed by atoms with Crippen LogP contribution in [0.4, 0.5) is 11.4 Å². The van der Waals surface area contributed by atoms with Crippen LogP contribution in [0.25, 0.3) is 0 Å². The Morgan fingerprint density at radius 2 is 1.59 bits per heavy atom. The zero-order valence-electron chi connectivity index (χ0n) is 20.0. The average molecular weight is 460 g/mol. The van der Waals surface area contributed by atoms with Crippen LogP contribution in [-0.2, 0) is 4.79 Å². The standard InChI is InChI=1S/C28H33N3O3/c1-20(2)16-17-34-26-14-12-24(13-15-26)31-27(32)19-29-25-11-7-10-23(18-25)28(33)30-21(3)22-8-5-4-6-9-22/h4-15,18,20-21,29H,16-17,19H2,1-3H3,(H,30,33)(H,31,32). The molecule has 0 aromatic heterocycles. The lowest BCUT2D eigenvalue weighted by atomic mass is 10.1. The molecular weight excluding hydrogens is 426 g/mol. The Balaban J connectivity index is 1.47. The first-order chi connectivity index (χ1) is 16.4. The molecule has 3 aromatic rings. The van der Waals surface area contributed by atoms with Gasteiger partial charge in [0.05, 0.1) is 19.2 Å². The summed E-state index contributed by atoms with van der Waals surface area (Å²) < 4.78 is 5.70. The van der Waals surface area contributed by atoms with Crippen LogP contribution in [-0.4, -0.2) is 25.0 Å². The number of amides is 2. The molecule has 0 aliphatic carbocycles. The SMILES string of the molecule is CC(C)CCOc1ccc(NC(=O)CNc2cccc(C(=O)NC(C)c3ccccc3)c2)cc1. The summed E-state index contributed by atoms with van der Waals surface area (Å²) in [6.45, 7) is 7.03. The molecule has 3 aromatic carbocycles. The van der Waals surface area contributed by atoms with Gasteiger partial charge in [0.2, 0.25) is 5.91 Å². The number of carbonyl (C=O) groups excluding carboxylic acids is 2. The van der Waals surface area contributed by atoms with E-state index >= 15 is 0 Å². The predicted octanol–water partition coefficient (Wildman–Crippen LogP) is 5.65. The highest BCUT2D eigenvalue weighted by Gasteiger charge is 2.12. The first-order valence-corrected chi connectivity index (χ1v) is 11.6. The molecule has 0 aliphatic rings. The van der Waals surface area contributed by atoms with E-state index in [1.165, 1.54) is 0 Å². The Morgan fingerprint density at radius 3 is 2.29 bits per heavy atom. The van der Waals surface area contributed by atoms with Gasteiger partial charge in [-0.3, -0.25) is 9.59 Å². The molecule has 0 bridgehead atoms. The van der Waals surface area contributed by atoms with Gasteiger partial charge in [-0.1, -0.05) is 50.2 Å². The molecule has 6 nitrogen and oxygen atoms in total. The minimum absolute atomic E-state index is 0.0815. The van der Waals surface area contributed by atoms with Gasteiger partial charge in [-0.15, -0.1) is 0 Å². The third kappa shape index (κ3) is 7.96. The fourth-order valence-corrected chi connectivity index (χ4v) is 3.31. The molecule has 3 rings (SSSR count). The van der Waals surface area contributed by atoms with Crippen molar-refractivity contribution in [2.24, 2.45) is 5.92 Å². The van der Waals surface area contributed by atoms with E-state index in [2.05, 4.69) is 29.8 Å². The fraction of sp³-hybridized carbons (Fsp3) is 0.286. The highest BCUT2D eigenvalue weighted by molar-refractivity contribution is 5.96. The van der Waals surface area contributed by atoms with Crippen molar-refractivity contribution < 1.29 is 14.3 Å². The molecule has 0 spiro atoms. The maximum absolute atomic E-state index is 12.7. The molecule has 3 N–H and O–H groups in total. The second-order valence-electron chi connectivity index (χ2n) is 8.64. The first kappa shape index (κ1) is 24.8. The Labute approximate surface area is 201 Å². The number of benzene rings is 3. The first-order valence-electron chi connectivity index (χ1n) is 11.6. The van der Waals surface area contributed by atoms with Gasteiger partial charge in [-0.2, -0.15) is 0 Å². The molecule has 178 valence electrons. The maximum atomic E-state index is 12.7. The lowest BCUT2D eigenvalue weighted by Crippen LogP contribution is -2.26. The molecule has 0 fully saturated rings. The van der Waals surface area contributed by atoms with Gasteiger partial charge in [0.15, 0.2) is 0 Å². The van der Waals surface area contributed by atoms with E-state index in [4.69, 9.17) is 4.74 Å². The molecule has 0 aliphatic heterocycles. The van der Waals surface area contributed by atoms with E-state index in [1.54, 1.807) is 18.2 Å². The average Bonchev–Trinajstić information content (AvgIpc) is 2.84. The summed E-state index contributed by atoms with van der Waals surface area (Å²) in [7, 11) is 0. The molecule has 0 heterocycles. The topological polar surface area (TPSA) is 79.5 Å². The second kappa shape index (κ2) is 12.4. The number of carbonyl (C=O) groups is 2. The van der Waals surface area contributed by atoms with E-state index in [9.17, 15) is 9.59 Å². The number of ether oxygens (including phenoxy) is 1. The molecule has 0 saturated heterocycles. The highest BCUT2D eigenvalue weighted by Crippen LogP contribution is 2.17. The Kier molecular flexibility index (Phi) is 9.09. The van der Waals surface area contributed by atoms with Gasteiger partial charge >= 0.3 is 0 Å². The maximum Gasteiger partial charge on any atom is 0.251 e. The summed E-state index contributed by atoms with van der Waals surface area (Å²) in [6, 6.07) is 24.1.